The zero-order valence-electron chi connectivity index (χ0n) is 12.0. The number of aliphatic hydroxyl groups excluding tert-OH is 1. The van der Waals surface area contributed by atoms with Crippen molar-refractivity contribution in [2.75, 3.05) is 12.4 Å². The van der Waals surface area contributed by atoms with E-state index in [0.29, 0.717) is 23.0 Å². The van der Waals surface area contributed by atoms with Crippen LogP contribution in [0.1, 0.15) is 24.9 Å². The standard InChI is InChI=1S/C15H17FN2O3S/c1-9-12(14(20)21)13(10-5-2-3-6-11(10)16)18-15(17-9)22-8-4-7-19/h2-3,5-6,13,19H,4,7-8H2,1H3,(H,17,18)(H,20,21). The van der Waals surface area contributed by atoms with E-state index in [9.17, 15) is 14.3 Å². The molecule has 22 heavy (non-hydrogen) atoms. The van der Waals surface area contributed by atoms with Crippen molar-refractivity contribution in [3.05, 3.63) is 46.9 Å². The highest BCUT2D eigenvalue weighted by atomic mass is 32.2. The van der Waals surface area contributed by atoms with Gasteiger partial charge in [-0.3, -0.25) is 0 Å². The van der Waals surface area contributed by atoms with Crippen molar-refractivity contribution in [1.29, 1.82) is 0 Å². The molecule has 3 N–H and O–H groups in total. The fraction of sp³-hybridized carbons (Fsp3) is 0.333. The summed E-state index contributed by atoms with van der Waals surface area (Å²) in [5.74, 6) is -0.965. The predicted octanol–water partition coefficient (Wildman–Crippen LogP) is 2.30. The number of nitrogens with one attached hydrogen (secondary N) is 1. The molecule has 5 nitrogen and oxygen atoms in total. The Morgan fingerprint density at radius 2 is 2.18 bits per heavy atom. The van der Waals surface area contributed by atoms with Crippen molar-refractivity contribution in [2.24, 2.45) is 4.99 Å². The molecular weight excluding hydrogens is 307 g/mol. The maximum absolute atomic E-state index is 14.0. The Balaban J connectivity index is 2.36. The highest BCUT2D eigenvalue weighted by molar-refractivity contribution is 8.13. The van der Waals surface area contributed by atoms with Crippen LogP contribution in [-0.4, -0.2) is 33.7 Å². The maximum atomic E-state index is 14.0. The predicted molar refractivity (Wildman–Crippen MR) is 84.2 cm³/mol. The average molecular weight is 324 g/mol. The zero-order chi connectivity index (χ0) is 16.1. The van der Waals surface area contributed by atoms with Gasteiger partial charge in [-0.2, -0.15) is 0 Å². The number of aliphatic carboxylic acids is 1. The third-order valence-corrected chi connectivity index (χ3v) is 4.16. The largest absolute Gasteiger partial charge is 0.478 e. The van der Waals surface area contributed by atoms with Gasteiger partial charge in [-0.05, 0) is 19.4 Å². The van der Waals surface area contributed by atoms with E-state index in [4.69, 9.17) is 5.11 Å². The first kappa shape index (κ1) is 16.5. The average Bonchev–Trinajstić information content (AvgIpc) is 2.47. The van der Waals surface area contributed by atoms with Gasteiger partial charge in [-0.15, -0.1) is 0 Å². The third-order valence-electron chi connectivity index (χ3n) is 3.19. The van der Waals surface area contributed by atoms with Crippen LogP contribution in [0.25, 0.3) is 0 Å². The molecule has 1 unspecified atom stereocenters. The molecule has 0 bridgehead atoms. The van der Waals surface area contributed by atoms with Crippen LogP contribution in [0, 0.1) is 5.82 Å². The lowest BCUT2D eigenvalue weighted by molar-refractivity contribution is -0.133. The number of aliphatic hydroxyl groups is 1. The van der Waals surface area contributed by atoms with E-state index in [1.807, 2.05) is 0 Å². The number of carboxylic acid groups (broad SMARTS) is 1. The number of carbonyl (C=O) groups is 1. The van der Waals surface area contributed by atoms with E-state index in [-0.39, 0.29) is 17.7 Å². The van der Waals surface area contributed by atoms with Crippen molar-refractivity contribution in [3.8, 4) is 0 Å². The zero-order valence-corrected chi connectivity index (χ0v) is 12.9. The van der Waals surface area contributed by atoms with Crippen molar-refractivity contribution < 1.29 is 19.4 Å². The molecular formula is C15H17FN2O3S. The van der Waals surface area contributed by atoms with Gasteiger partial charge in [0.1, 0.15) is 11.9 Å². The Labute approximate surface area is 132 Å². The van der Waals surface area contributed by atoms with Crippen LogP contribution in [0.2, 0.25) is 0 Å². The van der Waals surface area contributed by atoms with Crippen LogP contribution in [-0.2, 0) is 4.79 Å². The number of thioether (sulfide) groups is 1. The van der Waals surface area contributed by atoms with Gasteiger partial charge in [0.25, 0.3) is 0 Å². The molecule has 1 atom stereocenters. The molecule has 1 aromatic rings. The molecule has 0 saturated carbocycles. The third kappa shape index (κ3) is 3.66. The highest BCUT2D eigenvalue weighted by Gasteiger charge is 2.30. The Morgan fingerprint density at radius 3 is 2.82 bits per heavy atom. The molecule has 0 aromatic heterocycles. The van der Waals surface area contributed by atoms with E-state index in [1.54, 1.807) is 25.1 Å². The van der Waals surface area contributed by atoms with Gasteiger partial charge in [0.15, 0.2) is 5.17 Å². The van der Waals surface area contributed by atoms with E-state index in [1.165, 1.54) is 17.8 Å². The van der Waals surface area contributed by atoms with Crippen LogP contribution >= 0.6 is 11.8 Å². The second-order valence-corrected chi connectivity index (χ2v) is 5.84. The molecule has 0 fully saturated rings. The van der Waals surface area contributed by atoms with Gasteiger partial charge in [0.05, 0.1) is 5.57 Å². The number of halogens is 1. The molecule has 118 valence electrons. The number of nitrogens with zero attached hydrogens (tertiary/aromatic N) is 1. The Morgan fingerprint density at radius 1 is 1.45 bits per heavy atom. The number of carboxylic acids is 1. The second kappa shape index (κ2) is 7.42. The lowest BCUT2D eigenvalue weighted by atomic mass is 9.96. The fourth-order valence-corrected chi connectivity index (χ4v) is 3.02. The van der Waals surface area contributed by atoms with Crippen LogP contribution in [0.15, 0.2) is 40.5 Å². The minimum atomic E-state index is -1.12. The van der Waals surface area contributed by atoms with E-state index >= 15 is 0 Å². The number of amidine groups is 1. The van der Waals surface area contributed by atoms with Crippen molar-refractivity contribution in [3.63, 3.8) is 0 Å². The van der Waals surface area contributed by atoms with Gasteiger partial charge in [0.2, 0.25) is 0 Å². The first-order valence-electron chi connectivity index (χ1n) is 6.81. The SMILES string of the molecule is CC1=C(C(=O)O)C(c2ccccc2F)N=C(SCCCO)N1. The molecule has 0 aliphatic carbocycles. The summed E-state index contributed by atoms with van der Waals surface area (Å²) in [5, 5.41) is 21.7. The number of rotatable bonds is 5. The molecule has 1 heterocycles. The summed E-state index contributed by atoms with van der Waals surface area (Å²) in [6.07, 6.45) is 0.601. The highest BCUT2D eigenvalue weighted by Crippen LogP contribution is 2.33. The Bertz CT molecular complexity index is 631. The quantitative estimate of drug-likeness (QED) is 0.724. The smallest absolute Gasteiger partial charge is 0.335 e. The molecule has 1 aliphatic rings. The molecule has 0 radical (unpaired) electrons. The molecule has 2 rings (SSSR count). The van der Waals surface area contributed by atoms with Gasteiger partial charge < -0.3 is 15.5 Å². The molecule has 0 spiro atoms. The summed E-state index contributed by atoms with van der Waals surface area (Å²) < 4.78 is 14.0. The normalized spacial score (nSPS) is 18.0. The lowest BCUT2D eigenvalue weighted by Crippen LogP contribution is -2.30. The number of hydrogen-bond acceptors (Lipinski definition) is 5. The van der Waals surface area contributed by atoms with Crippen molar-refractivity contribution in [1.82, 2.24) is 5.32 Å². The van der Waals surface area contributed by atoms with Gasteiger partial charge in [-0.1, -0.05) is 30.0 Å². The van der Waals surface area contributed by atoms with E-state index in [0.717, 1.165) is 0 Å². The Hall–Kier alpha value is -1.86. The summed E-state index contributed by atoms with van der Waals surface area (Å²) in [6, 6.07) is 5.17. The van der Waals surface area contributed by atoms with Crippen LogP contribution in [0.4, 0.5) is 4.39 Å². The first-order valence-corrected chi connectivity index (χ1v) is 7.80. The summed E-state index contributed by atoms with van der Waals surface area (Å²) in [5.41, 5.74) is 0.722. The molecule has 7 heteroatoms. The number of allylic oxidation sites excluding steroid dienone is 1. The monoisotopic (exact) mass is 324 g/mol. The summed E-state index contributed by atoms with van der Waals surface area (Å²) in [7, 11) is 0. The number of hydrogen-bond donors (Lipinski definition) is 3. The van der Waals surface area contributed by atoms with Crippen LogP contribution in [0.3, 0.4) is 0 Å². The molecule has 1 aromatic carbocycles. The lowest BCUT2D eigenvalue weighted by Gasteiger charge is -2.24. The Kier molecular flexibility index (Phi) is 5.57. The fourth-order valence-electron chi connectivity index (χ4n) is 2.15. The van der Waals surface area contributed by atoms with Gasteiger partial charge >= 0.3 is 5.97 Å². The molecule has 0 amide bonds. The number of aliphatic imine (C=N–C) groups is 1. The van der Waals surface area contributed by atoms with Gasteiger partial charge in [-0.25, -0.2) is 14.2 Å². The maximum Gasteiger partial charge on any atom is 0.335 e. The van der Waals surface area contributed by atoms with E-state index < -0.39 is 17.8 Å². The first-order chi connectivity index (χ1) is 10.5. The summed E-state index contributed by atoms with van der Waals surface area (Å²) in [4.78, 5) is 15.8. The molecule has 0 saturated heterocycles. The van der Waals surface area contributed by atoms with Crippen molar-refractivity contribution >= 4 is 22.9 Å². The minimum Gasteiger partial charge on any atom is -0.478 e. The molecule has 1 aliphatic heterocycles. The summed E-state index contributed by atoms with van der Waals surface area (Å²) >= 11 is 1.37. The van der Waals surface area contributed by atoms with Crippen LogP contribution in [0.5, 0.6) is 0 Å². The van der Waals surface area contributed by atoms with Crippen molar-refractivity contribution in [2.45, 2.75) is 19.4 Å². The second-order valence-electron chi connectivity index (χ2n) is 4.75. The van der Waals surface area contributed by atoms with Crippen LogP contribution < -0.4 is 5.32 Å². The van der Waals surface area contributed by atoms with E-state index in [2.05, 4.69) is 10.3 Å². The number of benzene rings is 1. The van der Waals surface area contributed by atoms with Gasteiger partial charge in [0, 0.05) is 23.6 Å². The topological polar surface area (TPSA) is 81.9 Å². The minimum absolute atomic E-state index is 0.0385. The summed E-state index contributed by atoms with van der Waals surface area (Å²) in [6.45, 7) is 1.71.